The fourth-order valence-corrected chi connectivity index (χ4v) is 3.78. The molecule has 1 amide bonds. The number of rotatable bonds is 3. The quantitative estimate of drug-likeness (QED) is 0.875. The van der Waals surface area contributed by atoms with Crippen LogP contribution < -0.4 is 11.1 Å². The summed E-state index contributed by atoms with van der Waals surface area (Å²) in [6.45, 7) is 7.14. The molecule has 2 aliphatic rings. The van der Waals surface area contributed by atoms with E-state index in [4.69, 9.17) is 10.5 Å². The third kappa shape index (κ3) is 1.99. The van der Waals surface area contributed by atoms with Gasteiger partial charge in [0.1, 0.15) is 5.54 Å². The standard InChI is InChI=1S/C16H23N3O2/c1-10-4-5-11(8-18-10)9-19-14(20)16(17)12-6-7-21-13(12)15(16,2)3/h4-5,8,12-13H,6-7,9,17H2,1-3H3,(H,19,20). The molecule has 3 N–H and O–H groups in total. The Morgan fingerprint density at radius 2 is 2.29 bits per heavy atom. The Kier molecular flexibility index (Phi) is 3.30. The highest BCUT2D eigenvalue weighted by Crippen LogP contribution is 2.58. The second-order valence-electron chi connectivity index (χ2n) is 6.77. The normalized spacial score (nSPS) is 33.1. The third-order valence-corrected chi connectivity index (χ3v) is 5.26. The molecule has 5 heteroatoms. The highest BCUT2D eigenvalue weighted by atomic mass is 16.5. The summed E-state index contributed by atoms with van der Waals surface area (Å²) in [7, 11) is 0. The molecule has 3 rings (SSSR count). The summed E-state index contributed by atoms with van der Waals surface area (Å²) in [6.07, 6.45) is 2.75. The number of aromatic nitrogens is 1. The predicted octanol–water partition coefficient (Wildman–Crippen LogP) is 1.15. The van der Waals surface area contributed by atoms with Crippen molar-refractivity contribution in [1.82, 2.24) is 10.3 Å². The van der Waals surface area contributed by atoms with Crippen molar-refractivity contribution in [3.63, 3.8) is 0 Å². The Morgan fingerprint density at radius 3 is 2.95 bits per heavy atom. The topological polar surface area (TPSA) is 77.2 Å². The lowest BCUT2D eigenvalue weighted by Crippen LogP contribution is -2.80. The van der Waals surface area contributed by atoms with Gasteiger partial charge in [0.2, 0.25) is 5.91 Å². The Hall–Kier alpha value is -1.46. The van der Waals surface area contributed by atoms with Crippen LogP contribution in [-0.4, -0.2) is 29.1 Å². The summed E-state index contributed by atoms with van der Waals surface area (Å²) >= 11 is 0. The molecule has 1 aromatic rings. The maximum atomic E-state index is 12.6. The monoisotopic (exact) mass is 289 g/mol. The minimum atomic E-state index is -0.841. The first kappa shape index (κ1) is 14.5. The molecule has 1 saturated carbocycles. The van der Waals surface area contributed by atoms with E-state index in [9.17, 15) is 4.79 Å². The summed E-state index contributed by atoms with van der Waals surface area (Å²) in [5, 5.41) is 2.97. The van der Waals surface area contributed by atoms with Crippen LogP contribution in [0.15, 0.2) is 18.3 Å². The first-order valence-electron chi connectivity index (χ1n) is 7.47. The van der Waals surface area contributed by atoms with E-state index in [1.165, 1.54) is 0 Å². The number of ether oxygens (including phenoxy) is 1. The molecule has 114 valence electrons. The van der Waals surface area contributed by atoms with Crippen LogP contribution in [0.5, 0.6) is 0 Å². The number of carbonyl (C=O) groups is 1. The number of aryl methyl sites for hydroxylation is 1. The molecule has 2 heterocycles. The number of nitrogens with zero attached hydrogens (tertiary/aromatic N) is 1. The number of fused-ring (bicyclic) bond motifs is 1. The van der Waals surface area contributed by atoms with Crippen LogP contribution in [-0.2, 0) is 16.1 Å². The Balaban J connectivity index is 1.69. The summed E-state index contributed by atoms with van der Waals surface area (Å²) in [6, 6.07) is 3.91. The van der Waals surface area contributed by atoms with Crippen LogP contribution >= 0.6 is 0 Å². The molecule has 1 aromatic heterocycles. The maximum Gasteiger partial charge on any atom is 0.241 e. The van der Waals surface area contributed by atoms with Crippen molar-refractivity contribution in [2.45, 2.75) is 45.4 Å². The summed E-state index contributed by atoms with van der Waals surface area (Å²) < 4.78 is 5.72. The van der Waals surface area contributed by atoms with Crippen molar-refractivity contribution in [2.24, 2.45) is 17.1 Å². The number of hydrogen-bond donors (Lipinski definition) is 2. The number of amides is 1. The SMILES string of the molecule is Cc1ccc(CNC(=O)C2(N)C3CCOC3C2(C)C)cn1. The van der Waals surface area contributed by atoms with Crippen LogP contribution in [0.25, 0.3) is 0 Å². The van der Waals surface area contributed by atoms with E-state index in [2.05, 4.69) is 10.3 Å². The third-order valence-electron chi connectivity index (χ3n) is 5.26. The molecule has 1 saturated heterocycles. The van der Waals surface area contributed by atoms with E-state index in [0.29, 0.717) is 13.2 Å². The van der Waals surface area contributed by atoms with E-state index in [1.807, 2.05) is 32.9 Å². The Bertz CT molecular complexity index is 555. The van der Waals surface area contributed by atoms with Crippen molar-refractivity contribution in [1.29, 1.82) is 0 Å². The van der Waals surface area contributed by atoms with Crippen molar-refractivity contribution in [3.05, 3.63) is 29.6 Å². The molecule has 0 spiro atoms. The zero-order valence-corrected chi connectivity index (χ0v) is 12.8. The zero-order valence-electron chi connectivity index (χ0n) is 12.8. The highest BCUT2D eigenvalue weighted by Gasteiger charge is 2.71. The molecule has 3 unspecified atom stereocenters. The van der Waals surface area contributed by atoms with Gasteiger partial charge in [0.25, 0.3) is 0 Å². The van der Waals surface area contributed by atoms with Crippen molar-refractivity contribution < 1.29 is 9.53 Å². The van der Waals surface area contributed by atoms with Crippen molar-refractivity contribution >= 4 is 5.91 Å². The second-order valence-corrected chi connectivity index (χ2v) is 6.77. The average molecular weight is 289 g/mol. The minimum Gasteiger partial charge on any atom is -0.377 e. The smallest absolute Gasteiger partial charge is 0.241 e. The minimum absolute atomic E-state index is 0.0835. The van der Waals surface area contributed by atoms with Crippen molar-refractivity contribution in [2.75, 3.05) is 6.61 Å². The van der Waals surface area contributed by atoms with E-state index in [0.717, 1.165) is 17.7 Å². The summed E-state index contributed by atoms with van der Waals surface area (Å²) in [5.41, 5.74) is 7.26. The lowest BCUT2D eigenvalue weighted by atomic mass is 9.48. The Labute approximate surface area is 125 Å². The summed E-state index contributed by atoms with van der Waals surface area (Å²) in [4.78, 5) is 16.9. The fraction of sp³-hybridized carbons (Fsp3) is 0.625. The van der Waals surface area contributed by atoms with Gasteiger partial charge in [-0.1, -0.05) is 19.9 Å². The van der Waals surface area contributed by atoms with E-state index >= 15 is 0 Å². The van der Waals surface area contributed by atoms with Gasteiger partial charge in [-0.2, -0.15) is 0 Å². The summed E-state index contributed by atoms with van der Waals surface area (Å²) in [5.74, 6) is 0.0449. The first-order chi connectivity index (χ1) is 9.87. The number of nitrogens with two attached hydrogens (primary N) is 1. The molecule has 0 bridgehead atoms. The molecule has 0 aromatic carbocycles. The van der Waals surface area contributed by atoms with Gasteiger partial charge in [0.05, 0.1) is 6.10 Å². The van der Waals surface area contributed by atoms with Crippen LogP contribution in [0.1, 0.15) is 31.5 Å². The lowest BCUT2D eigenvalue weighted by molar-refractivity contribution is -0.175. The molecule has 5 nitrogen and oxygen atoms in total. The maximum absolute atomic E-state index is 12.6. The highest BCUT2D eigenvalue weighted by molar-refractivity contribution is 5.89. The molecule has 2 fully saturated rings. The van der Waals surface area contributed by atoms with Gasteiger partial charge < -0.3 is 15.8 Å². The molecule has 1 aliphatic carbocycles. The van der Waals surface area contributed by atoms with Gasteiger partial charge in [-0.3, -0.25) is 9.78 Å². The lowest BCUT2D eigenvalue weighted by Gasteiger charge is -2.60. The Morgan fingerprint density at radius 1 is 1.52 bits per heavy atom. The molecule has 3 atom stereocenters. The van der Waals surface area contributed by atoms with Crippen molar-refractivity contribution in [3.8, 4) is 0 Å². The molecule has 21 heavy (non-hydrogen) atoms. The average Bonchev–Trinajstić information content (AvgIpc) is 2.93. The largest absolute Gasteiger partial charge is 0.377 e. The number of hydrogen-bond acceptors (Lipinski definition) is 4. The van der Waals surface area contributed by atoms with Gasteiger partial charge >= 0.3 is 0 Å². The fourth-order valence-electron chi connectivity index (χ4n) is 3.78. The molecule has 1 aliphatic heterocycles. The first-order valence-corrected chi connectivity index (χ1v) is 7.47. The van der Waals surface area contributed by atoms with Gasteiger partial charge in [-0.25, -0.2) is 0 Å². The van der Waals surface area contributed by atoms with Gasteiger partial charge in [0.15, 0.2) is 0 Å². The van der Waals surface area contributed by atoms with Gasteiger partial charge in [-0.05, 0) is 25.0 Å². The van der Waals surface area contributed by atoms with Crippen LogP contribution in [0.3, 0.4) is 0 Å². The van der Waals surface area contributed by atoms with Gasteiger partial charge in [0, 0.05) is 36.4 Å². The zero-order chi connectivity index (χ0) is 15.3. The van der Waals surface area contributed by atoms with Crippen LogP contribution in [0.2, 0.25) is 0 Å². The molecular weight excluding hydrogens is 266 g/mol. The number of carbonyl (C=O) groups excluding carboxylic acids is 1. The second kappa shape index (κ2) is 4.78. The van der Waals surface area contributed by atoms with E-state index in [-0.39, 0.29) is 23.3 Å². The van der Waals surface area contributed by atoms with Gasteiger partial charge in [-0.15, -0.1) is 0 Å². The van der Waals surface area contributed by atoms with Crippen LogP contribution in [0.4, 0.5) is 0 Å². The molecule has 0 radical (unpaired) electrons. The van der Waals surface area contributed by atoms with E-state index in [1.54, 1.807) is 6.20 Å². The predicted molar refractivity (Wildman–Crippen MR) is 79.4 cm³/mol. The molecular formula is C16H23N3O2. The number of pyridine rings is 1. The van der Waals surface area contributed by atoms with Crippen LogP contribution in [0, 0.1) is 18.3 Å². The number of nitrogens with one attached hydrogen (secondary N) is 1. The van der Waals surface area contributed by atoms with E-state index < -0.39 is 5.54 Å².